The van der Waals surface area contributed by atoms with Crippen LogP contribution in [0.25, 0.3) is 32.7 Å². The Morgan fingerprint density at radius 1 is 0.383 bits per heavy atom. The van der Waals surface area contributed by atoms with Crippen LogP contribution in [0.15, 0.2) is 176 Å². The lowest BCUT2D eigenvalue weighted by molar-refractivity contribution is 0.751. The van der Waals surface area contributed by atoms with Gasteiger partial charge in [-0.3, -0.25) is 0 Å². The fourth-order valence-corrected chi connectivity index (χ4v) is 8.51. The fourth-order valence-electron chi connectivity index (χ4n) is 8.51. The maximum atomic E-state index is 2.50. The van der Waals surface area contributed by atoms with Crippen molar-refractivity contribution in [2.75, 3.05) is 4.90 Å². The molecule has 1 nitrogen and oxygen atoms in total. The van der Waals surface area contributed by atoms with E-state index in [0.717, 1.165) is 6.42 Å². The maximum absolute atomic E-state index is 2.50. The Hall–Kier alpha value is -5.92. The van der Waals surface area contributed by atoms with Gasteiger partial charge in [-0.25, -0.2) is 0 Å². The Kier molecular flexibility index (Phi) is 5.62. The van der Waals surface area contributed by atoms with E-state index in [1.807, 2.05) is 0 Å². The minimum atomic E-state index is -0.435. The first kappa shape index (κ1) is 26.3. The Balaban J connectivity index is 1.28. The molecule has 0 amide bonds. The predicted octanol–water partition coefficient (Wildman–Crippen LogP) is 11.7. The van der Waals surface area contributed by atoms with Gasteiger partial charge in [-0.05, 0) is 96.7 Å². The van der Waals surface area contributed by atoms with Crippen molar-refractivity contribution >= 4 is 38.6 Å². The molecule has 0 aromatic heterocycles. The number of fused-ring (bicyclic) bond motifs is 12. The van der Waals surface area contributed by atoms with Gasteiger partial charge in [0.1, 0.15) is 0 Å². The molecule has 0 N–H and O–H groups in total. The number of rotatable bonds is 3. The van der Waals surface area contributed by atoms with E-state index in [0.29, 0.717) is 0 Å². The molecule has 8 aromatic rings. The smallest absolute Gasteiger partial charge is 0.0754 e. The zero-order valence-electron chi connectivity index (χ0n) is 25.9. The average molecular weight is 598 g/mol. The zero-order chi connectivity index (χ0) is 31.0. The van der Waals surface area contributed by atoms with E-state index in [9.17, 15) is 0 Å². The van der Waals surface area contributed by atoms with Gasteiger partial charge in [-0.15, -0.1) is 0 Å². The maximum Gasteiger partial charge on any atom is 0.0754 e. The minimum absolute atomic E-state index is 0.435. The quantitative estimate of drug-likeness (QED) is 0.183. The van der Waals surface area contributed by atoms with E-state index in [2.05, 4.69) is 181 Å². The Labute approximate surface area is 275 Å². The van der Waals surface area contributed by atoms with Crippen LogP contribution >= 0.6 is 0 Å². The molecular weight excluding hydrogens is 567 g/mol. The molecule has 2 aliphatic rings. The van der Waals surface area contributed by atoms with Gasteiger partial charge in [-0.2, -0.15) is 0 Å². The Bertz CT molecular complexity index is 2460. The second-order valence-electron chi connectivity index (χ2n) is 12.9. The molecule has 0 unspecified atom stereocenters. The van der Waals surface area contributed by atoms with E-state index < -0.39 is 5.41 Å². The summed E-state index contributed by atoms with van der Waals surface area (Å²) in [5.74, 6) is 0. The van der Waals surface area contributed by atoms with Gasteiger partial charge in [0.2, 0.25) is 0 Å². The zero-order valence-corrected chi connectivity index (χ0v) is 25.9. The third kappa shape index (κ3) is 3.71. The van der Waals surface area contributed by atoms with Crippen LogP contribution in [0.4, 0.5) is 17.1 Å². The second kappa shape index (κ2) is 10.0. The molecule has 0 bridgehead atoms. The minimum Gasteiger partial charge on any atom is -0.310 e. The summed E-state index contributed by atoms with van der Waals surface area (Å²) < 4.78 is 0. The first-order valence-electron chi connectivity index (χ1n) is 16.5. The summed E-state index contributed by atoms with van der Waals surface area (Å²) in [5.41, 5.74) is 13.8. The summed E-state index contributed by atoms with van der Waals surface area (Å²) in [7, 11) is 0. The lowest BCUT2D eigenvalue weighted by Crippen LogP contribution is -2.36. The summed E-state index contributed by atoms with van der Waals surface area (Å²) in [6.45, 7) is 0. The molecule has 0 atom stereocenters. The van der Waals surface area contributed by atoms with Crippen molar-refractivity contribution < 1.29 is 0 Å². The summed E-state index contributed by atoms with van der Waals surface area (Å²) >= 11 is 0. The number of anilines is 3. The molecular formula is C46H31N. The molecule has 0 fully saturated rings. The van der Waals surface area contributed by atoms with Crippen molar-refractivity contribution in [1.82, 2.24) is 0 Å². The SMILES string of the molecule is c1ccc(Cc2ccc3c(c2)C2(c4ccccc4-c4ccccc42)c2ccccc2N3c2ccc3c(ccc4ccccc43)c2)cc1. The number of benzene rings is 8. The van der Waals surface area contributed by atoms with Crippen molar-refractivity contribution in [3.8, 4) is 11.1 Å². The van der Waals surface area contributed by atoms with E-state index in [4.69, 9.17) is 0 Å². The summed E-state index contributed by atoms with van der Waals surface area (Å²) in [6.07, 6.45) is 0.887. The summed E-state index contributed by atoms with van der Waals surface area (Å²) in [5, 5.41) is 5.09. The van der Waals surface area contributed by atoms with Crippen molar-refractivity contribution in [1.29, 1.82) is 0 Å². The lowest BCUT2D eigenvalue weighted by Gasteiger charge is -2.45. The van der Waals surface area contributed by atoms with Crippen LogP contribution < -0.4 is 4.90 Å². The van der Waals surface area contributed by atoms with Gasteiger partial charge in [0.25, 0.3) is 0 Å². The summed E-state index contributed by atoms with van der Waals surface area (Å²) in [6, 6.07) is 65.4. The van der Waals surface area contributed by atoms with E-state index in [1.54, 1.807) is 0 Å². The Morgan fingerprint density at radius 2 is 1.00 bits per heavy atom. The lowest BCUT2D eigenvalue weighted by atomic mass is 9.64. The van der Waals surface area contributed by atoms with Gasteiger partial charge in [0.15, 0.2) is 0 Å². The van der Waals surface area contributed by atoms with Crippen LogP contribution in [0, 0.1) is 0 Å². The van der Waals surface area contributed by atoms with Crippen LogP contribution in [-0.4, -0.2) is 0 Å². The number of hydrogen-bond acceptors (Lipinski definition) is 1. The summed E-state index contributed by atoms with van der Waals surface area (Å²) in [4.78, 5) is 2.50. The third-order valence-corrected chi connectivity index (χ3v) is 10.4. The van der Waals surface area contributed by atoms with Gasteiger partial charge < -0.3 is 4.90 Å². The molecule has 1 aliphatic carbocycles. The Morgan fingerprint density at radius 3 is 1.81 bits per heavy atom. The predicted molar refractivity (Wildman–Crippen MR) is 196 cm³/mol. The topological polar surface area (TPSA) is 3.24 Å². The molecule has 220 valence electrons. The van der Waals surface area contributed by atoms with E-state index >= 15 is 0 Å². The third-order valence-electron chi connectivity index (χ3n) is 10.4. The molecule has 8 aromatic carbocycles. The number of nitrogens with zero attached hydrogens (tertiary/aromatic N) is 1. The standard InChI is InChI=1S/C46H31N/c1-2-12-31(13-3-1)28-32-22-27-45-43(29-32)46(40-18-8-6-16-38(40)39-17-7-9-19-41(39)46)42-20-10-11-21-44(42)47(45)35-25-26-37-34(30-35)24-23-33-14-4-5-15-36(33)37/h1-27,29-30H,28H2. The first-order chi connectivity index (χ1) is 23.3. The van der Waals surface area contributed by atoms with Crippen molar-refractivity contribution in [2.24, 2.45) is 0 Å². The van der Waals surface area contributed by atoms with Crippen molar-refractivity contribution in [2.45, 2.75) is 11.8 Å². The molecule has 0 radical (unpaired) electrons. The fraction of sp³-hybridized carbons (Fsp3) is 0.0435. The van der Waals surface area contributed by atoms with Crippen LogP contribution in [0.5, 0.6) is 0 Å². The molecule has 0 saturated heterocycles. The molecule has 1 aliphatic heterocycles. The highest BCUT2D eigenvalue weighted by molar-refractivity contribution is 6.09. The highest BCUT2D eigenvalue weighted by atomic mass is 15.2. The first-order valence-corrected chi connectivity index (χ1v) is 16.5. The van der Waals surface area contributed by atoms with Crippen molar-refractivity contribution in [3.05, 3.63) is 209 Å². The molecule has 1 heterocycles. The molecule has 47 heavy (non-hydrogen) atoms. The van der Waals surface area contributed by atoms with Gasteiger partial charge >= 0.3 is 0 Å². The molecule has 10 rings (SSSR count). The van der Waals surface area contributed by atoms with Crippen molar-refractivity contribution in [3.63, 3.8) is 0 Å². The van der Waals surface area contributed by atoms with Crippen LogP contribution in [0.1, 0.15) is 33.4 Å². The van der Waals surface area contributed by atoms with Crippen LogP contribution in [-0.2, 0) is 11.8 Å². The van der Waals surface area contributed by atoms with Gasteiger partial charge in [0, 0.05) is 5.69 Å². The highest BCUT2D eigenvalue weighted by Crippen LogP contribution is 2.63. The molecule has 1 spiro atoms. The van der Waals surface area contributed by atoms with Crippen LogP contribution in [0.3, 0.4) is 0 Å². The van der Waals surface area contributed by atoms with Gasteiger partial charge in [0.05, 0.1) is 16.8 Å². The van der Waals surface area contributed by atoms with Crippen LogP contribution in [0.2, 0.25) is 0 Å². The largest absolute Gasteiger partial charge is 0.310 e. The highest BCUT2D eigenvalue weighted by Gasteiger charge is 2.51. The molecule has 1 heteroatoms. The second-order valence-corrected chi connectivity index (χ2v) is 12.9. The van der Waals surface area contributed by atoms with E-state index in [1.165, 1.54) is 83.1 Å². The molecule has 0 saturated carbocycles. The number of hydrogen-bond donors (Lipinski definition) is 0. The monoisotopic (exact) mass is 597 g/mol. The average Bonchev–Trinajstić information content (AvgIpc) is 3.43. The number of para-hydroxylation sites is 1. The van der Waals surface area contributed by atoms with E-state index in [-0.39, 0.29) is 0 Å². The van der Waals surface area contributed by atoms with Gasteiger partial charge in [-0.1, -0.05) is 152 Å². The normalized spacial score (nSPS) is 13.7.